The van der Waals surface area contributed by atoms with Crippen LogP contribution in [0.1, 0.15) is 102 Å². The van der Waals surface area contributed by atoms with Crippen molar-refractivity contribution in [1.29, 1.82) is 0 Å². The average Bonchev–Trinajstić information content (AvgIpc) is 3.94. The second kappa shape index (κ2) is 16.3. The molecule has 4 heteroatoms. The van der Waals surface area contributed by atoms with Gasteiger partial charge in [0.25, 0.3) is 0 Å². The van der Waals surface area contributed by atoms with Gasteiger partial charge in [0, 0.05) is 59.8 Å². The molecule has 1 aliphatic rings. The Morgan fingerprint density at radius 1 is 0.755 bits per heavy atom. The van der Waals surface area contributed by atoms with Gasteiger partial charge in [-0.05, 0) is 102 Å². The van der Waals surface area contributed by atoms with Crippen molar-refractivity contribution >= 4 is 21.9 Å². The summed E-state index contributed by atoms with van der Waals surface area (Å²) in [5.41, 5.74) is 3.42. The van der Waals surface area contributed by atoms with Gasteiger partial charge in [-0.15, -0.1) is 53.6 Å². The number of benzene rings is 4. The van der Waals surface area contributed by atoms with E-state index in [4.69, 9.17) is 26.3 Å². The van der Waals surface area contributed by atoms with E-state index in [9.17, 15) is 0 Å². The molecule has 1 aliphatic carbocycles. The SMILES string of the molecule is [2H]C([2H])([2H])c1c[c-]c(-c2ccc(C([2H])([2H])C(C)(C)C)cn2)cc1.[2H]C([2H])([2H])c1ccc2oc3c(-c4cc(-c5ccc(C([2H])([2H])C6CCCC6)cc5C([2H])([2H])[2H])c(C([2H])([2H])[2H])cn4)[c-]ccc3c2c1.[Ir]. The Morgan fingerprint density at radius 2 is 1.55 bits per heavy atom. The number of nitrogens with zero attached hydrogens (tertiary/aromatic N) is 2. The molecule has 1 saturated carbocycles. The van der Waals surface area contributed by atoms with Crippen molar-refractivity contribution in [3.63, 3.8) is 0 Å². The van der Waals surface area contributed by atoms with E-state index in [1.165, 1.54) is 42.7 Å². The van der Waals surface area contributed by atoms with Gasteiger partial charge in [-0.1, -0.05) is 112 Å². The molecule has 8 rings (SSSR count). The predicted octanol–water partition coefficient (Wildman–Crippen LogP) is 13.2. The molecule has 1 fully saturated rings. The Balaban J connectivity index is 0.000000275. The average molecular weight is 891 g/mol. The summed E-state index contributed by atoms with van der Waals surface area (Å²) in [6.07, 6.45) is 2.79. The Morgan fingerprint density at radius 3 is 2.26 bits per heavy atom. The molecular formula is C49H50IrN2O-2. The second-order valence-corrected chi connectivity index (χ2v) is 14.2. The first kappa shape index (κ1) is 22.8. The van der Waals surface area contributed by atoms with Crippen LogP contribution in [0.5, 0.6) is 0 Å². The minimum Gasteiger partial charge on any atom is -0.501 e. The van der Waals surface area contributed by atoms with Crippen LogP contribution < -0.4 is 0 Å². The van der Waals surface area contributed by atoms with Crippen molar-refractivity contribution in [3.8, 4) is 33.6 Å². The third kappa shape index (κ3) is 9.06. The fourth-order valence-electron chi connectivity index (χ4n) is 6.57. The Labute approximate surface area is 352 Å². The summed E-state index contributed by atoms with van der Waals surface area (Å²) in [7, 11) is 0. The monoisotopic (exact) mass is 891 g/mol. The minimum atomic E-state index is -2.67. The summed E-state index contributed by atoms with van der Waals surface area (Å²) < 4.78 is 135. The van der Waals surface area contributed by atoms with Gasteiger partial charge >= 0.3 is 0 Å². The Bertz CT molecular complexity index is 2940. The van der Waals surface area contributed by atoms with E-state index in [0.717, 1.165) is 25.7 Å². The minimum absolute atomic E-state index is 0. The van der Waals surface area contributed by atoms with Gasteiger partial charge in [0.05, 0.1) is 5.58 Å². The van der Waals surface area contributed by atoms with Crippen LogP contribution in [0.25, 0.3) is 55.6 Å². The molecular weight excluding hydrogens is 825 g/mol. The van der Waals surface area contributed by atoms with E-state index in [1.807, 2.05) is 20.8 Å². The van der Waals surface area contributed by atoms with Gasteiger partial charge in [0.1, 0.15) is 5.58 Å². The molecule has 0 spiro atoms. The van der Waals surface area contributed by atoms with E-state index in [2.05, 4.69) is 22.1 Å². The van der Waals surface area contributed by atoms with E-state index >= 15 is 0 Å². The van der Waals surface area contributed by atoms with Gasteiger partial charge in [0.2, 0.25) is 0 Å². The van der Waals surface area contributed by atoms with Crippen molar-refractivity contribution < 1.29 is 46.5 Å². The largest absolute Gasteiger partial charge is 0.501 e. The molecule has 0 amide bonds. The number of pyridine rings is 2. The maximum absolute atomic E-state index is 8.84. The molecule has 0 bridgehead atoms. The zero-order valence-electron chi connectivity index (χ0n) is 45.8. The van der Waals surface area contributed by atoms with Gasteiger partial charge in [-0.3, -0.25) is 0 Å². The quantitative estimate of drug-likeness (QED) is 0.156. The summed E-state index contributed by atoms with van der Waals surface area (Å²) in [5.74, 6) is -0.228. The van der Waals surface area contributed by atoms with Crippen molar-refractivity contribution in [3.05, 3.63) is 143 Å². The van der Waals surface area contributed by atoms with E-state index in [1.54, 1.807) is 54.6 Å². The Hall–Kier alpha value is -4.37. The maximum atomic E-state index is 8.84. The van der Waals surface area contributed by atoms with Crippen molar-refractivity contribution in [2.24, 2.45) is 11.3 Å². The third-order valence-electron chi connectivity index (χ3n) is 9.00. The first-order valence-corrected chi connectivity index (χ1v) is 17.4. The molecule has 0 unspecified atom stereocenters. The van der Waals surface area contributed by atoms with Crippen molar-refractivity contribution in [2.45, 2.75) is 86.6 Å². The van der Waals surface area contributed by atoms with E-state index in [-0.39, 0.29) is 70.7 Å². The molecule has 0 aliphatic heterocycles. The maximum Gasteiger partial charge on any atom is 0.120 e. The number of fused-ring (bicyclic) bond motifs is 3. The molecule has 273 valence electrons. The van der Waals surface area contributed by atoms with Crippen molar-refractivity contribution in [2.75, 3.05) is 0 Å². The molecule has 0 saturated heterocycles. The van der Waals surface area contributed by atoms with E-state index in [0.29, 0.717) is 44.3 Å². The number of hydrogen-bond donors (Lipinski definition) is 0. The molecule has 3 nitrogen and oxygen atoms in total. The number of aromatic nitrogens is 2. The summed E-state index contributed by atoms with van der Waals surface area (Å²) >= 11 is 0. The van der Waals surface area contributed by atoms with Crippen LogP contribution in [0.2, 0.25) is 0 Å². The second-order valence-electron chi connectivity index (χ2n) is 14.2. The molecule has 3 aromatic heterocycles. The summed E-state index contributed by atoms with van der Waals surface area (Å²) in [4.78, 5) is 8.75. The Kier molecular flexibility index (Phi) is 7.01. The molecule has 0 atom stereocenters. The normalized spacial score (nSPS) is 19.2. The molecule has 0 N–H and O–H groups in total. The standard InChI is InChI=1S/C32H30NO.C17H20N.Ir/c1-20-11-14-31-29(15-20)26-9-6-10-27(32(26)34-31)30-18-28(22(3)19-33-30)25-13-12-24(16-21(25)2)17-23-7-4-5-8-23;1-13-5-8-15(9-6-13)16-10-7-14(12-18-16)11-17(2,3)4;/h6,9,11-16,18-19,23H,4-5,7-8,17H2,1-3H3;5-8,10,12H,11H2,1-4H3;/q2*-1;/i1D3,2D3,3D3,17D2;1D3,11D2;. The summed E-state index contributed by atoms with van der Waals surface area (Å²) in [6, 6.07) is 28.1. The van der Waals surface area contributed by atoms with Crippen LogP contribution >= 0.6 is 0 Å². The van der Waals surface area contributed by atoms with Crippen LogP contribution in [-0.2, 0) is 32.9 Å². The number of furan rings is 1. The predicted molar refractivity (Wildman–Crippen MR) is 218 cm³/mol. The molecule has 53 heavy (non-hydrogen) atoms. The van der Waals surface area contributed by atoms with Gasteiger partial charge in [-0.25, -0.2) is 0 Å². The first-order chi connectivity index (χ1) is 31.4. The first-order valence-electron chi connectivity index (χ1n) is 25.4. The van der Waals surface area contributed by atoms with Crippen LogP contribution in [0.3, 0.4) is 0 Å². The number of rotatable bonds is 6. The fraction of sp³-hybridized carbons (Fsp3) is 0.306. The van der Waals surface area contributed by atoms with Gasteiger partial charge in [0.15, 0.2) is 0 Å². The van der Waals surface area contributed by atoms with Crippen LogP contribution in [0, 0.1) is 50.9 Å². The fourth-order valence-corrected chi connectivity index (χ4v) is 6.57. The van der Waals surface area contributed by atoms with Crippen LogP contribution in [0.4, 0.5) is 0 Å². The van der Waals surface area contributed by atoms with Gasteiger partial charge in [-0.2, -0.15) is 0 Å². The van der Waals surface area contributed by atoms with Gasteiger partial charge < -0.3 is 14.4 Å². The summed E-state index contributed by atoms with van der Waals surface area (Å²) in [6.45, 7) is -4.21. The molecule has 7 aromatic rings. The van der Waals surface area contributed by atoms with Crippen molar-refractivity contribution in [1.82, 2.24) is 9.97 Å². The molecule has 1 radical (unpaired) electrons. The zero-order valence-corrected chi connectivity index (χ0v) is 32.2. The molecule has 4 aromatic carbocycles. The zero-order chi connectivity index (χ0) is 50.0. The smallest absolute Gasteiger partial charge is 0.120 e. The van der Waals surface area contributed by atoms with Crippen LogP contribution in [-0.4, -0.2) is 9.97 Å². The number of hydrogen-bond acceptors (Lipinski definition) is 3. The third-order valence-corrected chi connectivity index (χ3v) is 9.00. The number of aryl methyl sites for hydroxylation is 4. The topological polar surface area (TPSA) is 38.9 Å². The molecule has 3 heterocycles. The van der Waals surface area contributed by atoms with E-state index < -0.39 is 45.6 Å². The van der Waals surface area contributed by atoms with Crippen LogP contribution in [0.15, 0.2) is 102 Å². The summed E-state index contributed by atoms with van der Waals surface area (Å²) in [5, 5.41) is 1.21.